The van der Waals surface area contributed by atoms with Gasteiger partial charge in [0.2, 0.25) is 0 Å². The lowest BCUT2D eigenvalue weighted by Crippen LogP contribution is -2.15. The van der Waals surface area contributed by atoms with Crippen LogP contribution in [0.1, 0.15) is 25.8 Å². The molecular formula is C14H15NO. The molecule has 0 aliphatic carbocycles. The number of hydrogen-bond acceptors (Lipinski definition) is 1. The van der Waals surface area contributed by atoms with Crippen LogP contribution in [0.4, 0.5) is 0 Å². The summed E-state index contributed by atoms with van der Waals surface area (Å²) in [5.74, 6) is 0.0437. The third kappa shape index (κ3) is 1.91. The van der Waals surface area contributed by atoms with Crippen LogP contribution in [-0.4, -0.2) is 5.91 Å². The van der Waals surface area contributed by atoms with Gasteiger partial charge >= 0.3 is 0 Å². The lowest BCUT2D eigenvalue weighted by Gasteiger charge is -2.00. The molecule has 0 atom stereocenters. The number of carbonyl (C=O) groups excluding carboxylic acids is 1. The van der Waals surface area contributed by atoms with Crippen molar-refractivity contribution < 1.29 is 4.79 Å². The highest BCUT2D eigenvalue weighted by Crippen LogP contribution is 2.23. The van der Waals surface area contributed by atoms with E-state index in [9.17, 15) is 4.79 Å². The van der Waals surface area contributed by atoms with E-state index in [2.05, 4.69) is 5.32 Å². The average molecular weight is 213 g/mol. The molecule has 16 heavy (non-hydrogen) atoms. The molecule has 0 radical (unpaired) electrons. The van der Waals surface area contributed by atoms with Gasteiger partial charge in [0, 0.05) is 11.3 Å². The number of nitrogens with one attached hydrogen (secondary N) is 1. The van der Waals surface area contributed by atoms with Crippen molar-refractivity contribution in [1.29, 1.82) is 0 Å². The number of carbonyl (C=O) groups is 1. The van der Waals surface area contributed by atoms with Crippen molar-refractivity contribution in [2.24, 2.45) is 0 Å². The van der Waals surface area contributed by atoms with Gasteiger partial charge in [-0.15, -0.1) is 0 Å². The van der Waals surface area contributed by atoms with Gasteiger partial charge in [-0.3, -0.25) is 4.79 Å². The van der Waals surface area contributed by atoms with Crippen LogP contribution >= 0.6 is 0 Å². The number of benzene rings is 1. The Morgan fingerprint density at radius 3 is 2.50 bits per heavy atom. The summed E-state index contributed by atoms with van der Waals surface area (Å²) in [5.41, 5.74) is 3.99. The number of allylic oxidation sites excluding steroid dienone is 1. The summed E-state index contributed by atoms with van der Waals surface area (Å²) in [6.07, 6.45) is 2.79. The average Bonchev–Trinajstić information content (AvgIpc) is 2.55. The molecule has 0 saturated heterocycles. The Balaban J connectivity index is 2.35. The maximum atomic E-state index is 11.6. The lowest BCUT2D eigenvalue weighted by molar-refractivity contribution is -0.116. The zero-order valence-electron chi connectivity index (χ0n) is 9.58. The van der Waals surface area contributed by atoms with Crippen LogP contribution in [0.15, 0.2) is 47.2 Å². The van der Waals surface area contributed by atoms with Gasteiger partial charge in [0.25, 0.3) is 5.91 Å². The van der Waals surface area contributed by atoms with Crippen LogP contribution in [0.3, 0.4) is 0 Å². The topological polar surface area (TPSA) is 29.1 Å². The monoisotopic (exact) mass is 213 g/mol. The number of amides is 1. The lowest BCUT2D eigenvalue weighted by atomic mass is 10.1. The van der Waals surface area contributed by atoms with Crippen molar-refractivity contribution in [3.05, 3.63) is 52.7 Å². The molecule has 1 aromatic carbocycles. The Labute approximate surface area is 95.7 Å². The fraction of sp³-hybridized carbons (Fsp3) is 0.214. The molecule has 1 heterocycles. The molecule has 2 nitrogen and oxygen atoms in total. The highest BCUT2D eigenvalue weighted by Gasteiger charge is 2.21. The molecule has 0 spiro atoms. The highest BCUT2D eigenvalue weighted by atomic mass is 16.1. The smallest absolute Gasteiger partial charge is 0.251 e. The van der Waals surface area contributed by atoms with Crippen molar-refractivity contribution in [1.82, 2.24) is 5.32 Å². The quantitative estimate of drug-likeness (QED) is 0.804. The normalized spacial score (nSPS) is 18.1. The SMILES string of the molecule is CCC1=C(C)/C(=C\c2ccccc2)NC1=O. The van der Waals surface area contributed by atoms with Crippen molar-refractivity contribution in [3.63, 3.8) is 0 Å². The molecule has 1 amide bonds. The summed E-state index contributed by atoms with van der Waals surface area (Å²) in [4.78, 5) is 11.6. The Bertz CT molecular complexity index is 469. The van der Waals surface area contributed by atoms with Crippen LogP contribution in [-0.2, 0) is 4.79 Å². The van der Waals surface area contributed by atoms with E-state index >= 15 is 0 Å². The summed E-state index contributed by atoms with van der Waals surface area (Å²) in [5, 5.41) is 2.90. The first-order valence-corrected chi connectivity index (χ1v) is 5.50. The predicted octanol–water partition coefficient (Wildman–Crippen LogP) is 2.88. The first-order valence-electron chi connectivity index (χ1n) is 5.50. The fourth-order valence-electron chi connectivity index (χ4n) is 1.91. The predicted molar refractivity (Wildman–Crippen MR) is 65.6 cm³/mol. The molecule has 1 aliphatic rings. The van der Waals surface area contributed by atoms with E-state index in [0.717, 1.165) is 28.8 Å². The van der Waals surface area contributed by atoms with E-state index < -0.39 is 0 Å². The maximum Gasteiger partial charge on any atom is 0.251 e. The van der Waals surface area contributed by atoms with Gasteiger partial charge in [-0.2, -0.15) is 0 Å². The molecule has 2 rings (SSSR count). The van der Waals surface area contributed by atoms with Gasteiger partial charge in [-0.05, 0) is 30.6 Å². The summed E-state index contributed by atoms with van der Waals surface area (Å²) in [6, 6.07) is 10.0. The zero-order chi connectivity index (χ0) is 11.5. The maximum absolute atomic E-state index is 11.6. The Morgan fingerprint density at radius 1 is 1.25 bits per heavy atom. The molecule has 1 aromatic rings. The Hall–Kier alpha value is -1.83. The molecule has 2 heteroatoms. The van der Waals surface area contributed by atoms with Crippen molar-refractivity contribution in [2.45, 2.75) is 20.3 Å². The minimum Gasteiger partial charge on any atom is -0.322 e. The summed E-state index contributed by atoms with van der Waals surface area (Å²) >= 11 is 0. The zero-order valence-corrected chi connectivity index (χ0v) is 9.58. The minimum absolute atomic E-state index is 0.0437. The largest absolute Gasteiger partial charge is 0.322 e. The summed E-state index contributed by atoms with van der Waals surface area (Å²) in [6.45, 7) is 4.00. The van der Waals surface area contributed by atoms with E-state index in [1.165, 1.54) is 0 Å². The van der Waals surface area contributed by atoms with Crippen molar-refractivity contribution >= 4 is 12.0 Å². The number of rotatable bonds is 2. The number of hydrogen-bond donors (Lipinski definition) is 1. The second-order valence-corrected chi connectivity index (χ2v) is 3.88. The van der Waals surface area contributed by atoms with Crippen LogP contribution in [0.2, 0.25) is 0 Å². The molecule has 0 unspecified atom stereocenters. The molecule has 1 aliphatic heterocycles. The van der Waals surface area contributed by atoms with E-state index in [0.29, 0.717) is 0 Å². The van der Waals surface area contributed by atoms with Crippen LogP contribution in [0.5, 0.6) is 0 Å². The van der Waals surface area contributed by atoms with E-state index in [-0.39, 0.29) is 5.91 Å². The first kappa shape index (κ1) is 10.7. The summed E-state index contributed by atoms with van der Waals surface area (Å²) in [7, 11) is 0. The van der Waals surface area contributed by atoms with Crippen LogP contribution in [0, 0.1) is 0 Å². The molecule has 1 N–H and O–H groups in total. The van der Waals surface area contributed by atoms with Gasteiger partial charge in [0.1, 0.15) is 0 Å². The molecule has 0 saturated carbocycles. The van der Waals surface area contributed by atoms with E-state index in [4.69, 9.17) is 0 Å². The second-order valence-electron chi connectivity index (χ2n) is 3.88. The molecular weight excluding hydrogens is 198 g/mol. The van der Waals surface area contributed by atoms with E-state index in [1.807, 2.05) is 50.3 Å². The molecule has 82 valence electrons. The van der Waals surface area contributed by atoms with Gasteiger partial charge in [-0.1, -0.05) is 37.3 Å². The molecule has 0 aromatic heterocycles. The fourth-order valence-corrected chi connectivity index (χ4v) is 1.91. The third-order valence-electron chi connectivity index (χ3n) is 2.84. The Morgan fingerprint density at radius 2 is 1.94 bits per heavy atom. The van der Waals surface area contributed by atoms with Gasteiger partial charge < -0.3 is 5.32 Å². The summed E-state index contributed by atoms with van der Waals surface area (Å²) < 4.78 is 0. The van der Waals surface area contributed by atoms with Gasteiger partial charge in [-0.25, -0.2) is 0 Å². The Kier molecular flexibility index (Phi) is 2.91. The standard InChI is InChI=1S/C14H15NO/c1-3-12-10(2)13(15-14(12)16)9-11-7-5-4-6-8-11/h4-9H,3H2,1-2H3,(H,15,16)/b13-9+. The van der Waals surface area contributed by atoms with Crippen molar-refractivity contribution in [2.75, 3.05) is 0 Å². The van der Waals surface area contributed by atoms with Crippen LogP contribution in [0.25, 0.3) is 6.08 Å². The van der Waals surface area contributed by atoms with Crippen LogP contribution < -0.4 is 5.32 Å². The third-order valence-corrected chi connectivity index (χ3v) is 2.84. The minimum atomic E-state index is 0.0437. The van der Waals surface area contributed by atoms with Gasteiger partial charge in [0.15, 0.2) is 0 Å². The second kappa shape index (κ2) is 4.35. The van der Waals surface area contributed by atoms with Crippen molar-refractivity contribution in [3.8, 4) is 0 Å². The van der Waals surface area contributed by atoms with E-state index in [1.54, 1.807) is 0 Å². The first-order chi connectivity index (χ1) is 7.72. The highest BCUT2D eigenvalue weighted by molar-refractivity contribution is 6.01. The molecule has 0 bridgehead atoms. The molecule has 0 fully saturated rings. The van der Waals surface area contributed by atoms with Gasteiger partial charge in [0.05, 0.1) is 0 Å².